The number of anilines is 1. The number of hydrogen-bond acceptors (Lipinski definition) is 3. The van der Waals surface area contributed by atoms with Crippen LogP contribution in [0, 0.1) is 0 Å². The molecule has 0 aliphatic carbocycles. The molecule has 31 heavy (non-hydrogen) atoms. The number of nitrogens with one attached hydrogen (secondary N) is 3. The van der Waals surface area contributed by atoms with E-state index in [0.29, 0.717) is 18.0 Å². The highest BCUT2D eigenvalue weighted by molar-refractivity contribution is 6.08. The van der Waals surface area contributed by atoms with Crippen molar-refractivity contribution in [3.8, 4) is 0 Å². The molecule has 3 aromatic rings. The maximum Gasteiger partial charge on any atom is 0.325 e. The topological polar surface area (TPSA) is 94.3 Å². The molecule has 1 aliphatic heterocycles. The molecule has 0 saturated carbocycles. The van der Waals surface area contributed by atoms with E-state index in [1.807, 2.05) is 54.7 Å². The van der Waals surface area contributed by atoms with E-state index in [1.54, 1.807) is 0 Å². The third kappa shape index (κ3) is 4.30. The summed E-state index contributed by atoms with van der Waals surface area (Å²) in [6, 6.07) is 14.2. The van der Waals surface area contributed by atoms with Crippen LogP contribution in [-0.2, 0) is 16.0 Å². The van der Waals surface area contributed by atoms with E-state index in [4.69, 9.17) is 0 Å². The van der Waals surface area contributed by atoms with Crippen LogP contribution in [0.4, 0.5) is 10.5 Å². The van der Waals surface area contributed by atoms with Crippen molar-refractivity contribution in [1.29, 1.82) is 0 Å². The molecular weight excluding hydrogens is 392 g/mol. The molecule has 4 amide bonds. The van der Waals surface area contributed by atoms with Crippen molar-refractivity contribution in [2.75, 3.05) is 11.9 Å². The molecule has 2 atom stereocenters. The summed E-state index contributed by atoms with van der Waals surface area (Å²) in [7, 11) is 0. The summed E-state index contributed by atoms with van der Waals surface area (Å²) >= 11 is 0. The predicted octanol–water partition coefficient (Wildman–Crippen LogP) is 3.78. The van der Waals surface area contributed by atoms with Crippen molar-refractivity contribution in [3.63, 3.8) is 0 Å². The average molecular weight is 418 g/mol. The number of carbonyl (C=O) groups excluding carboxylic acids is 3. The summed E-state index contributed by atoms with van der Waals surface area (Å²) in [5.41, 5.74) is 3.76. The Labute approximate surface area is 180 Å². The minimum atomic E-state index is -0.686. The molecule has 4 rings (SSSR count). The normalized spacial score (nSPS) is 17.1. The zero-order valence-corrected chi connectivity index (χ0v) is 17.6. The van der Waals surface area contributed by atoms with E-state index in [-0.39, 0.29) is 6.54 Å². The maximum absolute atomic E-state index is 12.8. The first-order valence-electron chi connectivity index (χ1n) is 10.5. The third-order valence-corrected chi connectivity index (χ3v) is 5.88. The van der Waals surface area contributed by atoms with Crippen LogP contribution in [0.1, 0.15) is 37.3 Å². The van der Waals surface area contributed by atoms with Crippen LogP contribution in [-0.4, -0.2) is 40.3 Å². The second-order valence-corrected chi connectivity index (χ2v) is 7.97. The van der Waals surface area contributed by atoms with Crippen LogP contribution in [0.2, 0.25) is 0 Å². The third-order valence-electron chi connectivity index (χ3n) is 5.88. The number of rotatable bonds is 7. The highest BCUT2D eigenvalue weighted by atomic mass is 16.2. The number of nitrogens with zero attached hydrogens (tertiary/aromatic N) is 1. The second kappa shape index (κ2) is 8.63. The van der Waals surface area contributed by atoms with Crippen molar-refractivity contribution in [1.82, 2.24) is 15.2 Å². The van der Waals surface area contributed by atoms with E-state index in [0.717, 1.165) is 27.8 Å². The molecule has 2 heterocycles. The van der Waals surface area contributed by atoms with Gasteiger partial charge < -0.3 is 15.6 Å². The molecule has 0 spiro atoms. The summed E-state index contributed by atoms with van der Waals surface area (Å²) in [6.07, 6.45) is 3.25. The highest BCUT2D eigenvalue weighted by Crippen LogP contribution is 2.22. The van der Waals surface area contributed by atoms with Crippen LogP contribution in [0.3, 0.4) is 0 Å². The van der Waals surface area contributed by atoms with Crippen molar-refractivity contribution in [2.45, 2.75) is 38.6 Å². The molecule has 0 radical (unpaired) electrons. The van der Waals surface area contributed by atoms with Gasteiger partial charge in [0.2, 0.25) is 5.91 Å². The molecule has 7 heteroatoms. The number of amides is 4. The Morgan fingerprint density at radius 3 is 2.61 bits per heavy atom. The van der Waals surface area contributed by atoms with Gasteiger partial charge in [0, 0.05) is 29.2 Å². The van der Waals surface area contributed by atoms with Crippen LogP contribution >= 0.6 is 0 Å². The number of hydrogen-bond donors (Lipinski definition) is 3. The van der Waals surface area contributed by atoms with Gasteiger partial charge in [-0.3, -0.25) is 14.5 Å². The molecule has 1 aliphatic rings. The fraction of sp³-hybridized carbons (Fsp3) is 0.292. The molecule has 2 aromatic carbocycles. The zero-order valence-electron chi connectivity index (χ0n) is 17.6. The van der Waals surface area contributed by atoms with Crippen molar-refractivity contribution in [2.24, 2.45) is 0 Å². The molecule has 1 fully saturated rings. The fourth-order valence-corrected chi connectivity index (χ4v) is 3.86. The lowest BCUT2D eigenvalue weighted by atomic mass is 9.99. The summed E-state index contributed by atoms with van der Waals surface area (Å²) < 4.78 is 0. The van der Waals surface area contributed by atoms with Crippen molar-refractivity contribution in [3.05, 3.63) is 65.9 Å². The zero-order chi connectivity index (χ0) is 22.0. The molecule has 0 bridgehead atoms. The molecule has 3 N–H and O–H groups in total. The summed E-state index contributed by atoms with van der Waals surface area (Å²) in [4.78, 5) is 41.7. The van der Waals surface area contributed by atoms with E-state index in [1.165, 1.54) is 5.56 Å². The van der Waals surface area contributed by atoms with Gasteiger partial charge in [0.25, 0.3) is 5.91 Å². The lowest BCUT2D eigenvalue weighted by Crippen LogP contribution is -2.38. The maximum atomic E-state index is 12.8. The molecule has 160 valence electrons. The first kappa shape index (κ1) is 20.7. The first-order chi connectivity index (χ1) is 15.0. The van der Waals surface area contributed by atoms with Gasteiger partial charge in [-0.05, 0) is 41.7 Å². The Morgan fingerprint density at radius 2 is 1.87 bits per heavy atom. The van der Waals surface area contributed by atoms with Crippen molar-refractivity contribution < 1.29 is 14.4 Å². The molecule has 7 nitrogen and oxygen atoms in total. The monoisotopic (exact) mass is 418 g/mol. The van der Waals surface area contributed by atoms with E-state index >= 15 is 0 Å². The summed E-state index contributed by atoms with van der Waals surface area (Å²) in [5.74, 6) is -0.352. The van der Waals surface area contributed by atoms with E-state index in [9.17, 15) is 14.4 Å². The highest BCUT2D eigenvalue weighted by Gasteiger charge is 2.39. The quantitative estimate of drug-likeness (QED) is 0.510. The Hall–Kier alpha value is -3.61. The summed E-state index contributed by atoms with van der Waals surface area (Å²) in [5, 5.41) is 6.47. The number of aromatic nitrogens is 1. The average Bonchev–Trinajstić information content (AvgIpc) is 3.30. The first-order valence-corrected chi connectivity index (χ1v) is 10.5. The standard InChI is InChI=1S/C24H26N4O3/c1-3-15(2)16-8-10-18(11-9-16)26-22(29)14-28-23(30)21(27-24(28)31)12-17-13-25-20-7-5-4-6-19(17)20/h4-11,13,15,21,25H,3,12,14H2,1-2H3,(H,26,29)(H,27,31)/t15-,21-/m1/s1. The van der Waals surface area contributed by atoms with Crippen LogP contribution in [0.5, 0.6) is 0 Å². The molecule has 1 aromatic heterocycles. The van der Waals surface area contributed by atoms with Gasteiger partial charge in [0.15, 0.2) is 0 Å². The Bertz CT molecular complexity index is 1120. The number of benzene rings is 2. The molecular formula is C24H26N4O3. The van der Waals surface area contributed by atoms with Gasteiger partial charge in [-0.15, -0.1) is 0 Å². The van der Waals surface area contributed by atoms with E-state index in [2.05, 4.69) is 29.5 Å². The van der Waals surface area contributed by atoms with Gasteiger partial charge in [-0.25, -0.2) is 4.79 Å². The SMILES string of the molecule is CC[C@@H](C)c1ccc(NC(=O)CN2C(=O)N[C@H](Cc3c[nH]c4ccccc34)C2=O)cc1. The molecule has 0 unspecified atom stereocenters. The predicted molar refractivity (Wildman–Crippen MR) is 120 cm³/mol. The summed E-state index contributed by atoms with van der Waals surface area (Å²) in [6.45, 7) is 3.96. The van der Waals surface area contributed by atoms with Gasteiger partial charge in [0.05, 0.1) is 0 Å². The number of carbonyl (C=O) groups is 3. The van der Waals surface area contributed by atoms with Crippen LogP contribution in [0.15, 0.2) is 54.7 Å². The minimum absolute atomic E-state index is 0.317. The van der Waals surface area contributed by atoms with Gasteiger partial charge in [-0.2, -0.15) is 0 Å². The number of imide groups is 1. The number of para-hydroxylation sites is 1. The molecule has 1 saturated heterocycles. The Morgan fingerprint density at radius 1 is 1.13 bits per heavy atom. The van der Waals surface area contributed by atoms with Crippen LogP contribution < -0.4 is 10.6 Å². The Balaban J connectivity index is 1.38. The van der Waals surface area contributed by atoms with Gasteiger partial charge in [-0.1, -0.05) is 44.2 Å². The fourth-order valence-electron chi connectivity index (χ4n) is 3.86. The largest absolute Gasteiger partial charge is 0.361 e. The smallest absolute Gasteiger partial charge is 0.325 e. The number of H-pyrrole nitrogens is 1. The number of fused-ring (bicyclic) bond motifs is 1. The van der Waals surface area contributed by atoms with Crippen molar-refractivity contribution >= 4 is 34.4 Å². The van der Waals surface area contributed by atoms with Crippen LogP contribution in [0.25, 0.3) is 10.9 Å². The van der Waals surface area contributed by atoms with Gasteiger partial charge >= 0.3 is 6.03 Å². The second-order valence-electron chi connectivity index (χ2n) is 7.97. The minimum Gasteiger partial charge on any atom is -0.361 e. The number of aromatic amines is 1. The Kier molecular flexibility index (Phi) is 5.75. The lowest BCUT2D eigenvalue weighted by molar-refractivity contribution is -0.130. The lowest BCUT2D eigenvalue weighted by Gasteiger charge is -2.14. The van der Waals surface area contributed by atoms with Gasteiger partial charge in [0.1, 0.15) is 12.6 Å². The van der Waals surface area contributed by atoms with E-state index < -0.39 is 23.9 Å². The number of urea groups is 1.